The second kappa shape index (κ2) is 5.83. The van der Waals surface area contributed by atoms with E-state index in [0.717, 1.165) is 23.5 Å². The number of aryl methyl sites for hydroxylation is 1. The van der Waals surface area contributed by atoms with E-state index in [1.54, 1.807) is 18.4 Å². The second-order valence-corrected chi connectivity index (χ2v) is 7.44. The molecule has 2 heterocycles. The van der Waals surface area contributed by atoms with Crippen molar-refractivity contribution in [3.05, 3.63) is 16.1 Å². The molecule has 5 nitrogen and oxygen atoms in total. The number of alkyl halides is 1. The Morgan fingerprint density at radius 3 is 2.83 bits per heavy atom. The normalized spacial score (nSPS) is 20.6. The van der Waals surface area contributed by atoms with Crippen molar-refractivity contribution in [2.45, 2.75) is 18.7 Å². The predicted octanol–water partition coefficient (Wildman–Crippen LogP) is 1.31. The predicted molar refractivity (Wildman–Crippen MR) is 73.1 cm³/mol. The van der Waals surface area contributed by atoms with E-state index < -0.39 is 10.2 Å². The van der Waals surface area contributed by atoms with Gasteiger partial charge in [-0.2, -0.15) is 17.0 Å². The van der Waals surface area contributed by atoms with Crippen molar-refractivity contribution in [3.8, 4) is 0 Å². The molecule has 1 aliphatic rings. The Morgan fingerprint density at radius 2 is 2.28 bits per heavy atom. The van der Waals surface area contributed by atoms with Gasteiger partial charge in [-0.15, -0.1) is 22.9 Å². The van der Waals surface area contributed by atoms with E-state index in [0.29, 0.717) is 25.5 Å². The lowest BCUT2D eigenvalue weighted by atomic mass is 10.3. The molecule has 0 bridgehead atoms. The molecule has 0 amide bonds. The third-order valence-electron chi connectivity index (χ3n) is 2.92. The van der Waals surface area contributed by atoms with Crippen molar-refractivity contribution in [1.29, 1.82) is 0 Å². The van der Waals surface area contributed by atoms with Gasteiger partial charge in [0.1, 0.15) is 0 Å². The van der Waals surface area contributed by atoms with E-state index in [-0.39, 0.29) is 0 Å². The Bertz CT molecular complexity index is 503. The van der Waals surface area contributed by atoms with Crippen molar-refractivity contribution in [2.24, 2.45) is 0 Å². The molecule has 1 aromatic rings. The van der Waals surface area contributed by atoms with Gasteiger partial charge in [0.05, 0.1) is 16.6 Å². The summed E-state index contributed by atoms with van der Waals surface area (Å²) in [5.74, 6) is 0.432. The van der Waals surface area contributed by atoms with E-state index >= 15 is 0 Å². The minimum atomic E-state index is -3.19. The lowest BCUT2D eigenvalue weighted by molar-refractivity contribution is 0.440. The number of thiazole rings is 1. The Morgan fingerprint density at radius 1 is 1.50 bits per heavy atom. The molecule has 0 unspecified atom stereocenters. The number of nitrogens with zero attached hydrogens (tertiary/aromatic N) is 3. The minimum absolute atomic E-state index is 0.432. The summed E-state index contributed by atoms with van der Waals surface area (Å²) in [6.07, 6.45) is 1.60. The van der Waals surface area contributed by atoms with Gasteiger partial charge < -0.3 is 0 Å². The van der Waals surface area contributed by atoms with Gasteiger partial charge >= 0.3 is 0 Å². The Balaban J connectivity index is 1.82. The number of likely N-dealkylation sites (N-methyl/N-ethyl adjacent to an activating group) is 1. The highest BCUT2D eigenvalue weighted by atomic mass is 35.5. The second-order valence-electron chi connectivity index (χ2n) is 4.20. The maximum atomic E-state index is 11.8. The molecule has 0 aromatic carbocycles. The maximum absolute atomic E-state index is 11.8. The molecule has 0 aliphatic carbocycles. The van der Waals surface area contributed by atoms with Crippen molar-refractivity contribution in [3.63, 3.8) is 0 Å². The first kappa shape index (κ1) is 14.2. The van der Waals surface area contributed by atoms with Crippen molar-refractivity contribution in [2.75, 3.05) is 26.7 Å². The fraction of sp³-hybridized carbons (Fsp3) is 0.700. The minimum Gasteiger partial charge on any atom is -0.245 e. The van der Waals surface area contributed by atoms with E-state index in [4.69, 9.17) is 11.6 Å². The summed E-state index contributed by atoms with van der Waals surface area (Å²) in [7, 11) is -1.58. The molecule has 1 fully saturated rings. The first-order valence-corrected chi connectivity index (χ1v) is 8.56. The molecular weight excluding hydrogens is 294 g/mol. The van der Waals surface area contributed by atoms with E-state index in [9.17, 15) is 8.42 Å². The first-order chi connectivity index (χ1) is 8.54. The quantitative estimate of drug-likeness (QED) is 0.771. The molecule has 8 heteroatoms. The topological polar surface area (TPSA) is 53.5 Å². The van der Waals surface area contributed by atoms with Crippen LogP contribution in [0.2, 0.25) is 0 Å². The molecule has 2 rings (SSSR count). The zero-order valence-corrected chi connectivity index (χ0v) is 12.6. The van der Waals surface area contributed by atoms with Crippen LogP contribution in [0, 0.1) is 0 Å². The summed E-state index contributed by atoms with van der Waals surface area (Å²) in [5, 5.41) is 2.97. The molecule has 102 valence electrons. The van der Waals surface area contributed by atoms with Gasteiger partial charge in [0.25, 0.3) is 10.2 Å². The van der Waals surface area contributed by atoms with Crippen molar-refractivity contribution in [1.82, 2.24) is 13.6 Å². The molecule has 1 saturated heterocycles. The van der Waals surface area contributed by atoms with Gasteiger partial charge in [0.2, 0.25) is 0 Å². The zero-order chi connectivity index (χ0) is 13.2. The summed E-state index contributed by atoms with van der Waals surface area (Å²) in [4.78, 5) is 4.35. The smallest absolute Gasteiger partial charge is 0.245 e. The van der Waals surface area contributed by atoms with Crippen LogP contribution in [0.3, 0.4) is 0 Å². The fourth-order valence-corrected chi connectivity index (χ4v) is 4.29. The van der Waals surface area contributed by atoms with Crippen LogP contribution in [0.1, 0.15) is 17.1 Å². The van der Waals surface area contributed by atoms with Crippen LogP contribution in [0.4, 0.5) is 0 Å². The van der Waals surface area contributed by atoms with E-state index in [1.165, 1.54) is 8.61 Å². The van der Waals surface area contributed by atoms with Crippen molar-refractivity contribution >= 4 is 33.1 Å². The number of hydrogen-bond donors (Lipinski definition) is 0. The molecule has 0 radical (unpaired) electrons. The summed E-state index contributed by atoms with van der Waals surface area (Å²) in [5.41, 5.74) is 0.894. The zero-order valence-electron chi connectivity index (χ0n) is 10.2. The maximum Gasteiger partial charge on any atom is 0.281 e. The van der Waals surface area contributed by atoms with Gasteiger partial charge in [-0.25, -0.2) is 4.98 Å². The molecule has 1 aliphatic heterocycles. The van der Waals surface area contributed by atoms with Gasteiger partial charge in [-0.3, -0.25) is 0 Å². The standard InChI is InChI=1S/C10H16ClN3O2S2/c1-13-5-6-14(18(13,15)16)4-2-3-10-12-9(7-11)8-17-10/h8H,2-7H2,1H3. The summed E-state index contributed by atoms with van der Waals surface area (Å²) < 4.78 is 26.5. The monoisotopic (exact) mass is 309 g/mol. The lowest BCUT2D eigenvalue weighted by Gasteiger charge is -2.14. The molecule has 0 saturated carbocycles. The van der Waals surface area contributed by atoms with E-state index in [2.05, 4.69) is 4.98 Å². The largest absolute Gasteiger partial charge is 0.281 e. The number of hydrogen-bond acceptors (Lipinski definition) is 4. The summed E-state index contributed by atoms with van der Waals surface area (Å²) >= 11 is 7.27. The average molecular weight is 310 g/mol. The Hall–Kier alpha value is -0.210. The number of rotatable bonds is 5. The van der Waals surface area contributed by atoms with Crippen LogP contribution < -0.4 is 0 Å². The van der Waals surface area contributed by atoms with Gasteiger partial charge in [-0.1, -0.05) is 0 Å². The Labute approximate surface area is 117 Å². The van der Waals surface area contributed by atoms with Crippen molar-refractivity contribution < 1.29 is 8.42 Å². The van der Waals surface area contributed by atoms with Gasteiger partial charge in [0, 0.05) is 38.5 Å². The highest BCUT2D eigenvalue weighted by molar-refractivity contribution is 7.87. The molecule has 0 spiro atoms. The summed E-state index contributed by atoms with van der Waals surface area (Å²) in [6.45, 7) is 1.72. The van der Waals surface area contributed by atoms with Crippen LogP contribution >= 0.6 is 22.9 Å². The SMILES string of the molecule is CN1CCN(CCCc2nc(CCl)cs2)S1(=O)=O. The fourth-order valence-electron chi connectivity index (χ4n) is 1.84. The summed E-state index contributed by atoms with van der Waals surface area (Å²) in [6, 6.07) is 0. The Kier molecular flexibility index (Phi) is 4.60. The van der Waals surface area contributed by atoms with Crippen LogP contribution in [0.25, 0.3) is 0 Å². The highest BCUT2D eigenvalue weighted by Gasteiger charge is 2.32. The van der Waals surface area contributed by atoms with E-state index in [1.807, 2.05) is 5.38 Å². The highest BCUT2D eigenvalue weighted by Crippen LogP contribution is 2.17. The number of aromatic nitrogens is 1. The van der Waals surface area contributed by atoms with Crippen LogP contribution in [-0.4, -0.2) is 48.7 Å². The lowest BCUT2D eigenvalue weighted by Crippen LogP contribution is -2.31. The van der Waals surface area contributed by atoms with Gasteiger partial charge in [-0.05, 0) is 6.42 Å². The molecule has 1 aromatic heterocycles. The van der Waals surface area contributed by atoms with Crippen LogP contribution in [0.15, 0.2) is 5.38 Å². The average Bonchev–Trinajstić information content (AvgIpc) is 2.89. The molecule has 18 heavy (non-hydrogen) atoms. The van der Waals surface area contributed by atoms with Crippen LogP contribution in [-0.2, 0) is 22.5 Å². The third kappa shape index (κ3) is 3.03. The first-order valence-electron chi connectivity index (χ1n) is 5.74. The molecule has 0 atom stereocenters. The molecular formula is C10H16ClN3O2S2. The molecule has 0 N–H and O–H groups in total. The third-order valence-corrected chi connectivity index (χ3v) is 6.14. The van der Waals surface area contributed by atoms with Crippen LogP contribution in [0.5, 0.6) is 0 Å². The van der Waals surface area contributed by atoms with Gasteiger partial charge in [0.15, 0.2) is 0 Å². The number of halogens is 1.